The topological polar surface area (TPSA) is 17.1 Å². The Kier molecular flexibility index (Phi) is 4.52. The van der Waals surface area contributed by atoms with Gasteiger partial charge in [0, 0.05) is 0 Å². The third-order valence-corrected chi connectivity index (χ3v) is 3.82. The zero-order chi connectivity index (χ0) is 11.4. The Bertz CT molecular complexity index is 358. The van der Waals surface area contributed by atoms with E-state index < -0.39 is 0 Å². The van der Waals surface area contributed by atoms with Crippen LogP contribution in [0.3, 0.4) is 0 Å². The molecule has 0 aliphatic heterocycles. The lowest BCUT2D eigenvalue weighted by Crippen LogP contribution is -2.02. The highest BCUT2D eigenvalue weighted by molar-refractivity contribution is 9.09. The average Bonchev–Trinajstić information content (AvgIpc) is 2.26. The van der Waals surface area contributed by atoms with Crippen LogP contribution in [0.25, 0.3) is 0 Å². The summed E-state index contributed by atoms with van der Waals surface area (Å²) in [4.78, 5) is 11.1. The molecule has 1 unspecified atom stereocenters. The fourth-order valence-corrected chi connectivity index (χ4v) is 2.00. The van der Waals surface area contributed by atoms with Crippen molar-refractivity contribution in [2.24, 2.45) is 0 Å². The minimum atomic E-state index is -0.159. The van der Waals surface area contributed by atoms with E-state index in [1.807, 2.05) is 6.07 Å². The smallest absolute Gasteiger partial charge is 0.147 e. The van der Waals surface area contributed by atoms with Gasteiger partial charge >= 0.3 is 0 Å². The van der Waals surface area contributed by atoms with Gasteiger partial charge < -0.3 is 0 Å². The highest BCUT2D eigenvalue weighted by Crippen LogP contribution is 2.26. The molecule has 0 N–H and O–H groups in total. The van der Waals surface area contributed by atoms with E-state index in [4.69, 9.17) is 0 Å². The number of halogens is 1. The van der Waals surface area contributed by atoms with Crippen molar-refractivity contribution in [2.75, 3.05) is 0 Å². The highest BCUT2D eigenvalue weighted by Gasteiger charge is 2.13. The fourth-order valence-electron chi connectivity index (χ4n) is 1.71. The molecule has 0 fully saturated rings. The molecule has 1 aromatic carbocycles. The molecule has 0 saturated carbocycles. The van der Waals surface area contributed by atoms with E-state index in [-0.39, 0.29) is 10.6 Å². The van der Waals surface area contributed by atoms with E-state index in [0.29, 0.717) is 0 Å². The number of rotatable bonds is 4. The van der Waals surface area contributed by atoms with Gasteiger partial charge in [-0.05, 0) is 36.5 Å². The van der Waals surface area contributed by atoms with Crippen LogP contribution in [0.15, 0.2) is 18.2 Å². The van der Waals surface area contributed by atoms with Gasteiger partial charge in [-0.2, -0.15) is 0 Å². The molecule has 0 spiro atoms. The fraction of sp³-hybridized carbons (Fsp3) is 0.462. The minimum Gasteiger partial charge on any atom is -0.298 e. The number of ketones is 1. The zero-order valence-electron chi connectivity index (χ0n) is 9.51. The second kappa shape index (κ2) is 5.45. The molecular formula is C13H17BrO. The van der Waals surface area contributed by atoms with E-state index in [1.54, 1.807) is 6.92 Å². The minimum absolute atomic E-state index is 0.154. The SMILES string of the molecule is CCc1ccc(C(Br)C(C)=O)cc1CC. The van der Waals surface area contributed by atoms with Crippen molar-refractivity contribution >= 4 is 21.7 Å². The van der Waals surface area contributed by atoms with Gasteiger partial charge in [0.05, 0.1) is 4.83 Å². The Balaban J connectivity index is 3.07. The van der Waals surface area contributed by atoms with Crippen molar-refractivity contribution in [1.29, 1.82) is 0 Å². The summed E-state index contributed by atoms with van der Waals surface area (Å²) < 4.78 is 0. The van der Waals surface area contributed by atoms with Gasteiger partial charge in [0.1, 0.15) is 5.78 Å². The zero-order valence-corrected chi connectivity index (χ0v) is 11.1. The first-order valence-corrected chi connectivity index (χ1v) is 6.27. The van der Waals surface area contributed by atoms with Crippen molar-refractivity contribution in [3.8, 4) is 0 Å². The molecule has 82 valence electrons. The van der Waals surface area contributed by atoms with E-state index in [1.165, 1.54) is 11.1 Å². The Labute approximate surface area is 100 Å². The normalized spacial score (nSPS) is 12.5. The third-order valence-electron chi connectivity index (χ3n) is 2.64. The molecule has 0 radical (unpaired) electrons. The Morgan fingerprint density at radius 1 is 1.27 bits per heavy atom. The second-order valence-electron chi connectivity index (χ2n) is 3.71. The number of Topliss-reactive ketones (excluding diaryl/α,β-unsaturated/α-hetero) is 1. The first-order valence-electron chi connectivity index (χ1n) is 5.36. The van der Waals surface area contributed by atoms with Crippen LogP contribution in [0.1, 0.15) is 42.3 Å². The maximum atomic E-state index is 11.3. The van der Waals surface area contributed by atoms with Crippen LogP contribution >= 0.6 is 15.9 Å². The van der Waals surface area contributed by atoms with Crippen LogP contribution in [0.2, 0.25) is 0 Å². The first-order chi connectivity index (χ1) is 7.10. The molecule has 2 heteroatoms. The lowest BCUT2D eigenvalue weighted by Gasteiger charge is -2.11. The van der Waals surface area contributed by atoms with Gasteiger partial charge in [0.2, 0.25) is 0 Å². The van der Waals surface area contributed by atoms with Gasteiger partial charge in [-0.1, -0.05) is 48.0 Å². The third kappa shape index (κ3) is 2.91. The summed E-state index contributed by atoms with van der Waals surface area (Å²) in [6.45, 7) is 5.92. The molecule has 1 atom stereocenters. The summed E-state index contributed by atoms with van der Waals surface area (Å²) in [5, 5.41) is 0. The second-order valence-corrected chi connectivity index (χ2v) is 4.62. The molecule has 1 nitrogen and oxygen atoms in total. The lowest BCUT2D eigenvalue weighted by molar-refractivity contribution is -0.116. The molecule has 0 heterocycles. The van der Waals surface area contributed by atoms with Crippen molar-refractivity contribution in [3.63, 3.8) is 0 Å². The largest absolute Gasteiger partial charge is 0.298 e. The van der Waals surface area contributed by atoms with Crippen molar-refractivity contribution in [1.82, 2.24) is 0 Å². The standard InChI is InChI=1S/C13H17BrO/c1-4-10-6-7-12(8-11(10)5-2)13(14)9(3)15/h6-8,13H,4-5H2,1-3H3. The number of hydrogen-bond acceptors (Lipinski definition) is 1. The predicted molar refractivity (Wildman–Crippen MR) is 67.5 cm³/mol. The van der Waals surface area contributed by atoms with Crippen LogP contribution in [-0.2, 0) is 17.6 Å². The summed E-state index contributed by atoms with van der Waals surface area (Å²) in [6, 6.07) is 6.31. The number of benzene rings is 1. The van der Waals surface area contributed by atoms with Crippen molar-refractivity contribution in [2.45, 2.75) is 38.4 Å². The van der Waals surface area contributed by atoms with Crippen LogP contribution in [-0.4, -0.2) is 5.78 Å². The molecule has 0 aliphatic carbocycles. The van der Waals surface area contributed by atoms with E-state index >= 15 is 0 Å². The van der Waals surface area contributed by atoms with Crippen molar-refractivity contribution < 1.29 is 4.79 Å². The Morgan fingerprint density at radius 2 is 1.87 bits per heavy atom. The maximum Gasteiger partial charge on any atom is 0.147 e. The van der Waals surface area contributed by atoms with Crippen molar-refractivity contribution in [3.05, 3.63) is 34.9 Å². The molecule has 0 bridgehead atoms. The van der Waals surface area contributed by atoms with Gasteiger partial charge in [0.25, 0.3) is 0 Å². The maximum absolute atomic E-state index is 11.3. The molecular weight excluding hydrogens is 252 g/mol. The molecule has 0 amide bonds. The summed E-state index contributed by atoms with van der Waals surface area (Å²) in [5.41, 5.74) is 3.79. The van der Waals surface area contributed by atoms with Crippen LogP contribution < -0.4 is 0 Å². The predicted octanol–water partition coefficient (Wildman–Crippen LogP) is 3.84. The molecule has 1 aromatic rings. The van der Waals surface area contributed by atoms with Gasteiger partial charge in [-0.25, -0.2) is 0 Å². The molecule has 15 heavy (non-hydrogen) atoms. The summed E-state index contributed by atoms with van der Waals surface area (Å²) in [7, 11) is 0. The summed E-state index contributed by atoms with van der Waals surface area (Å²) in [6.07, 6.45) is 2.07. The average molecular weight is 269 g/mol. The molecule has 1 rings (SSSR count). The quantitative estimate of drug-likeness (QED) is 0.759. The van der Waals surface area contributed by atoms with Gasteiger partial charge in [0.15, 0.2) is 0 Å². The van der Waals surface area contributed by atoms with E-state index in [9.17, 15) is 4.79 Å². The van der Waals surface area contributed by atoms with Gasteiger partial charge in [-0.15, -0.1) is 0 Å². The highest BCUT2D eigenvalue weighted by atomic mass is 79.9. The summed E-state index contributed by atoms with van der Waals surface area (Å²) >= 11 is 3.41. The summed E-state index contributed by atoms with van der Waals surface area (Å²) in [5.74, 6) is 0.154. The number of hydrogen-bond donors (Lipinski definition) is 0. The molecule has 0 aliphatic rings. The Hall–Kier alpha value is -0.630. The Morgan fingerprint density at radius 3 is 2.33 bits per heavy atom. The number of aryl methyl sites for hydroxylation is 2. The number of alkyl halides is 1. The van der Waals surface area contributed by atoms with Gasteiger partial charge in [-0.3, -0.25) is 4.79 Å². The van der Waals surface area contributed by atoms with Crippen LogP contribution in [0.4, 0.5) is 0 Å². The monoisotopic (exact) mass is 268 g/mol. The molecule has 0 saturated heterocycles. The van der Waals surface area contributed by atoms with E-state index in [2.05, 4.69) is 41.9 Å². The number of carbonyl (C=O) groups excluding carboxylic acids is 1. The van der Waals surface area contributed by atoms with E-state index in [0.717, 1.165) is 18.4 Å². The number of carbonyl (C=O) groups is 1. The van der Waals surface area contributed by atoms with Crippen LogP contribution in [0.5, 0.6) is 0 Å². The first kappa shape index (κ1) is 12.4. The molecule has 0 aromatic heterocycles. The van der Waals surface area contributed by atoms with Crippen LogP contribution in [0, 0.1) is 0 Å². The lowest BCUT2D eigenvalue weighted by atomic mass is 9.98.